The molecular formula is C14H13N3O3. The van der Waals surface area contributed by atoms with E-state index in [-0.39, 0.29) is 6.42 Å². The van der Waals surface area contributed by atoms with Gasteiger partial charge in [0.25, 0.3) is 0 Å². The molecule has 6 heteroatoms. The van der Waals surface area contributed by atoms with Gasteiger partial charge < -0.3 is 14.2 Å². The quantitative estimate of drug-likeness (QED) is 0.785. The Morgan fingerprint density at radius 2 is 2.20 bits per heavy atom. The van der Waals surface area contributed by atoms with E-state index < -0.39 is 5.97 Å². The summed E-state index contributed by atoms with van der Waals surface area (Å²) in [6, 6.07) is 7.68. The average Bonchev–Trinajstić information content (AvgIpc) is 2.95. The van der Waals surface area contributed by atoms with E-state index in [1.165, 1.54) is 0 Å². The van der Waals surface area contributed by atoms with E-state index in [9.17, 15) is 4.79 Å². The van der Waals surface area contributed by atoms with Crippen LogP contribution in [0.25, 0.3) is 10.9 Å². The van der Waals surface area contributed by atoms with Crippen LogP contribution < -0.4 is 0 Å². The van der Waals surface area contributed by atoms with Gasteiger partial charge in [0.1, 0.15) is 6.54 Å². The Balaban J connectivity index is 2.04. The number of para-hydroxylation sites is 1. The molecule has 0 bridgehead atoms. The van der Waals surface area contributed by atoms with Gasteiger partial charge in [-0.05, 0) is 18.6 Å². The van der Waals surface area contributed by atoms with Gasteiger partial charge in [0, 0.05) is 17.1 Å². The molecule has 0 radical (unpaired) electrons. The highest BCUT2D eigenvalue weighted by molar-refractivity contribution is 5.87. The van der Waals surface area contributed by atoms with Gasteiger partial charge in [0.15, 0.2) is 5.82 Å². The van der Waals surface area contributed by atoms with Crippen molar-refractivity contribution in [3.05, 3.63) is 47.7 Å². The van der Waals surface area contributed by atoms with E-state index in [1.54, 1.807) is 6.92 Å². The van der Waals surface area contributed by atoms with E-state index in [1.807, 2.05) is 35.0 Å². The van der Waals surface area contributed by atoms with E-state index in [4.69, 9.17) is 9.63 Å². The maximum atomic E-state index is 10.9. The van der Waals surface area contributed by atoms with Gasteiger partial charge in [0.2, 0.25) is 5.89 Å². The number of benzene rings is 1. The van der Waals surface area contributed by atoms with Crippen LogP contribution in [0.4, 0.5) is 0 Å². The number of fused-ring (bicyclic) bond motifs is 1. The smallest absolute Gasteiger partial charge is 0.307 e. The standard InChI is InChI=1S/C14H13N3O3/c1-9-15-13(20-16-9)8-17-7-10(6-14(18)19)11-4-2-3-5-12(11)17/h2-5,7H,6,8H2,1H3,(H,18,19). The number of rotatable bonds is 4. The lowest BCUT2D eigenvalue weighted by molar-refractivity contribution is -0.136. The third kappa shape index (κ3) is 2.27. The zero-order valence-electron chi connectivity index (χ0n) is 10.9. The molecule has 0 saturated heterocycles. The Kier molecular flexibility index (Phi) is 2.98. The summed E-state index contributed by atoms with van der Waals surface area (Å²) >= 11 is 0. The maximum absolute atomic E-state index is 10.9. The normalized spacial score (nSPS) is 11.1. The Hall–Kier alpha value is -2.63. The van der Waals surface area contributed by atoms with Crippen molar-refractivity contribution < 1.29 is 14.4 Å². The number of aliphatic carboxylic acids is 1. The number of hydrogen-bond donors (Lipinski definition) is 1. The van der Waals surface area contributed by atoms with Crippen molar-refractivity contribution in [2.24, 2.45) is 0 Å². The summed E-state index contributed by atoms with van der Waals surface area (Å²) in [4.78, 5) is 15.1. The van der Waals surface area contributed by atoms with Crippen molar-refractivity contribution in [1.82, 2.24) is 14.7 Å². The van der Waals surface area contributed by atoms with E-state index in [0.29, 0.717) is 18.3 Å². The van der Waals surface area contributed by atoms with Crippen molar-refractivity contribution in [3.63, 3.8) is 0 Å². The molecule has 0 aliphatic rings. The van der Waals surface area contributed by atoms with Gasteiger partial charge in [-0.3, -0.25) is 4.79 Å². The van der Waals surface area contributed by atoms with Crippen LogP contribution in [-0.2, 0) is 17.8 Å². The summed E-state index contributed by atoms with van der Waals surface area (Å²) in [5.74, 6) is 0.244. The number of aromatic nitrogens is 3. The first-order chi connectivity index (χ1) is 9.63. The minimum absolute atomic E-state index is 0.00360. The van der Waals surface area contributed by atoms with Crippen LogP contribution in [0.3, 0.4) is 0 Å². The van der Waals surface area contributed by atoms with E-state index in [2.05, 4.69) is 10.1 Å². The molecule has 0 aliphatic heterocycles. The number of aryl methyl sites for hydroxylation is 1. The van der Waals surface area contributed by atoms with Crippen molar-refractivity contribution in [2.75, 3.05) is 0 Å². The SMILES string of the molecule is Cc1noc(Cn2cc(CC(=O)O)c3ccccc32)n1. The monoisotopic (exact) mass is 271 g/mol. The van der Waals surface area contributed by atoms with Crippen LogP contribution >= 0.6 is 0 Å². The van der Waals surface area contributed by atoms with Crippen molar-refractivity contribution in [2.45, 2.75) is 19.9 Å². The summed E-state index contributed by atoms with van der Waals surface area (Å²) in [5.41, 5.74) is 1.74. The summed E-state index contributed by atoms with van der Waals surface area (Å²) < 4.78 is 7.04. The first kappa shape index (κ1) is 12.4. The first-order valence-electron chi connectivity index (χ1n) is 6.21. The molecule has 6 nitrogen and oxygen atoms in total. The molecular weight excluding hydrogens is 258 g/mol. The first-order valence-corrected chi connectivity index (χ1v) is 6.21. The van der Waals surface area contributed by atoms with Gasteiger partial charge in [0.05, 0.1) is 6.42 Å². The highest BCUT2D eigenvalue weighted by Gasteiger charge is 2.13. The molecule has 3 rings (SSSR count). The summed E-state index contributed by atoms with van der Waals surface area (Å²) in [6.07, 6.45) is 1.83. The zero-order chi connectivity index (χ0) is 14.1. The lowest BCUT2D eigenvalue weighted by Crippen LogP contribution is -2.00. The lowest BCUT2D eigenvalue weighted by Gasteiger charge is -2.00. The molecule has 0 fully saturated rings. The fraction of sp³-hybridized carbons (Fsp3) is 0.214. The number of hydrogen-bond acceptors (Lipinski definition) is 4. The Morgan fingerprint density at radius 1 is 1.40 bits per heavy atom. The fourth-order valence-corrected chi connectivity index (χ4v) is 2.31. The summed E-state index contributed by atoms with van der Waals surface area (Å²) in [5, 5.41) is 13.7. The van der Waals surface area contributed by atoms with Gasteiger partial charge in [-0.15, -0.1) is 0 Å². The molecule has 0 atom stereocenters. The third-order valence-electron chi connectivity index (χ3n) is 3.09. The number of carboxylic acids is 1. The number of nitrogens with zero attached hydrogens (tertiary/aromatic N) is 3. The summed E-state index contributed by atoms with van der Waals surface area (Å²) in [6.45, 7) is 2.19. The Labute approximate surface area is 114 Å². The molecule has 0 unspecified atom stereocenters. The molecule has 1 N–H and O–H groups in total. The van der Waals surface area contributed by atoms with Gasteiger partial charge in [-0.1, -0.05) is 23.4 Å². The van der Waals surface area contributed by atoms with E-state index in [0.717, 1.165) is 16.5 Å². The molecule has 0 saturated carbocycles. The molecule has 0 aliphatic carbocycles. The molecule has 20 heavy (non-hydrogen) atoms. The van der Waals surface area contributed by atoms with Crippen LogP contribution in [0.2, 0.25) is 0 Å². The third-order valence-corrected chi connectivity index (χ3v) is 3.09. The van der Waals surface area contributed by atoms with Gasteiger partial charge >= 0.3 is 5.97 Å². The lowest BCUT2D eigenvalue weighted by atomic mass is 10.1. The number of carbonyl (C=O) groups is 1. The highest BCUT2D eigenvalue weighted by Crippen LogP contribution is 2.22. The Morgan fingerprint density at radius 3 is 2.90 bits per heavy atom. The van der Waals surface area contributed by atoms with E-state index >= 15 is 0 Å². The van der Waals surface area contributed by atoms with Crippen molar-refractivity contribution in [1.29, 1.82) is 0 Å². The van der Waals surface area contributed by atoms with Gasteiger partial charge in [-0.25, -0.2) is 0 Å². The molecule has 2 aromatic heterocycles. The Bertz CT molecular complexity index is 773. The van der Waals surface area contributed by atoms with Crippen molar-refractivity contribution >= 4 is 16.9 Å². The van der Waals surface area contributed by atoms with Crippen LogP contribution in [0.1, 0.15) is 17.3 Å². The maximum Gasteiger partial charge on any atom is 0.307 e. The molecule has 102 valence electrons. The highest BCUT2D eigenvalue weighted by atomic mass is 16.5. The minimum atomic E-state index is -0.846. The zero-order valence-corrected chi connectivity index (χ0v) is 10.9. The second-order valence-electron chi connectivity index (χ2n) is 4.61. The molecule has 3 aromatic rings. The van der Waals surface area contributed by atoms with Crippen LogP contribution in [0.5, 0.6) is 0 Å². The van der Waals surface area contributed by atoms with Crippen LogP contribution in [0.15, 0.2) is 35.0 Å². The fourth-order valence-electron chi connectivity index (χ4n) is 2.31. The molecule has 0 amide bonds. The summed E-state index contributed by atoms with van der Waals surface area (Å²) in [7, 11) is 0. The second-order valence-corrected chi connectivity index (χ2v) is 4.61. The van der Waals surface area contributed by atoms with Crippen molar-refractivity contribution in [3.8, 4) is 0 Å². The second kappa shape index (κ2) is 4.80. The molecule has 2 heterocycles. The van der Waals surface area contributed by atoms with Crippen LogP contribution in [-0.4, -0.2) is 25.8 Å². The minimum Gasteiger partial charge on any atom is -0.481 e. The topological polar surface area (TPSA) is 81.2 Å². The van der Waals surface area contributed by atoms with Gasteiger partial charge in [-0.2, -0.15) is 4.98 Å². The molecule has 1 aromatic carbocycles. The average molecular weight is 271 g/mol. The van der Waals surface area contributed by atoms with Crippen LogP contribution in [0, 0.1) is 6.92 Å². The number of carboxylic acid groups (broad SMARTS) is 1. The predicted molar refractivity (Wildman–Crippen MR) is 71.4 cm³/mol. The molecule has 0 spiro atoms. The largest absolute Gasteiger partial charge is 0.481 e. The predicted octanol–water partition coefficient (Wildman–Crippen LogP) is 2.01.